The van der Waals surface area contributed by atoms with E-state index in [2.05, 4.69) is 48.4 Å². The number of sulfonamides is 1. The van der Waals surface area contributed by atoms with E-state index < -0.39 is 30.7 Å². The largest absolute Gasteiger partial charge is 0.378 e. The van der Waals surface area contributed by atoms with Gasteiger partial charge in [0.1, 0.15) is 0 Å². The van der Waals surface area contributed by atoms with Gasteiger partial charge in [-0.2, -0.15) is 22.5 Å². The van der Waals surface area contributed by atoms with Crippen molar-refractivity contribution in [2.45, 2.75) is 50.7 Å². The Hall–Kier alpha value is -3.58. The number of rotatable bonds is 9. The van der Waals surface area contributed by atoms with Crippen LogP contribution in [0, 0.1) is 17.2 Å². The van der Waals surface area contributed by atoms with E-state index in [1.54, 1.807) is 18.3 Å². The molecular weight excluding hydrogens is 648 g/mol. The first-order valence-electron chi connectivity index (χ1n) is 13.3. The van der Waals surface area contributed by atoms with E-state index in [0.29, 0.717) is 12.8 Å². The molecule has 0 saturated heterocycles. The van der Waals surface area contributed by atoms with Crippen molar-refractivity contribution in [1.29, 1.82) is 5.26 Å². The van der Waals surface area contributed by atoms with Gasteiger partial charge in [-0.3, -0.25) is 4.99 Å². The van der Waals surface area contributed by atoms with Gasteiger partial charge in [0.05, 0.1) is 37.1 Å². The molecule has 0 aromatic heterocycles. The van der Waals surface area contributed by atoms with Crippen molar-refractivity contribution in [2.75, 3.05) is 26.0 Å². The molecule has 0 fully saturated rings. The maximum absolute atomic E-state index is 12.5. The third-order valence-electron chi connectivity index (χ3n) is 6.64. The number of alkyl halides is 2. The number of hydrogen-bond donors (Lipinski definition) is 0. The highest BCUT2D eigenvalue weighted by Gasteiger charge is 2.29. The zero-order valence-corrected chi connectivity index (χ0v) is 27.1. The average molecular weight is 684 g/mol. The molecule has 2 aromatic rings. The Kier molecular flexibility index (Phi) is 13.5. The molecule has 0 saturated carbocycles. The fraction of sp³-hybridized carbons (Fsp3) is 0.367. The van der Waals surface area contributed by atoms with Gasteiger partial charge in [0, 0.05) is 32.7 Å². The second-order valence-corrected chi connectivity index (χ2v) is 14.6. The van der Waals surface area contributed by atoms with Crippen molar-refractivity contribution in [1.82, 2.24) is 4.98 Å². The maximum Gasteiger partial charge on any atom is 0.346 e. The van der Waals surface area contributed by atoms with Gasteiger partial charge in [0.2, 0.25) is 0 Å². The Morgan fingerprint density at radius 1 is 1.07 bits per heavy atom. The molecule has 1 aliphatic carbocycles. The van der Waals surface area contributed by atoms with Crippen LogP contribution >= 0.6 is 11.3 Å². The van der Waals surface area contributed by atoms with E-state index >= 15 is 0 Å². The van der Waals surface area contributed by atoms with Crippen LogP contribution in [0.1, 0.15) is 45.6 Å². The van der Waals surface area contributed by atoms with E-state index in [9.17, 15) is 25.9 Å². The first kappa shape index (κ1) is 37.6. The number of nitriles is 1. The summed E-state index contributed by atoms with van der Waals surface area (Å²) in [5.74, 6) is -4.12. The van der Waals surface area contributed by atoms with E-state index in [0.717, 1.165) is 34.3 Å². The van der Waals surface area contributed by atoms with Crippen LogP contribution in [0.2, 0.25) is 0 Å². The molecular formula is C30H36F3N5O4S3. The topological polar surface area (TPSA) is 125 Å². The molecule has 2 aliphatic rings. The lowest BCUT2D eigenvalue weighted by atomic mass is 9.88. The quantitative estimate of drug-likeness (QED) is 0.167. The minimum atomic E-state index is -5.30. The molecule has 0 spiro atoms. The smallest absolute Gasteiger partial charge is 0.346 e. The standard InChI is InChI=1S/C15H15N3S.C14H17F3N2O4S2.CH4/c1-16-10-4-6-12-14(8-10)19-15-9-11(18(2)3)5-7-13(15)17-12;1-3-11(8-10(2)9-18)12-4-6-13(7-5-12)24(20,21)19-25(22,23-17)14(15)16;/h4-9H,1-3H3;4-7,10-11,14H,3,8H2,1-2H3;1H4. The first-order valence-corrected chi connectivity index (χ1v) is 17.1. The van der Waals surface area contributed by atoms with Crippen molar-refractivity contribution < 1.29 is 30.3 Å². The Bertz CT molecular complexity index is 1900. The lowest BCUT2D eigenvalue weighted by Gasteiger charge is -2.16. The monoisotopic (exact) mass is 683 g/mol. The second-order valence-electron chi connectivity index (χ2n) is 9.96. The Morgan fingerprint density at radius 3 is 2.27 bits per heavy atom. The summed E-state index contributed by atoms with van der Waals surface area (Å²) < 4.78 is 78.3. The van der Waals surface area contributed by atoms with Crippen LogP contribution in [0.15, 0.2) is 74.3 Å². The highest BCUT2D eigenvalue weighted by Crippen LogP contribution is 2.32. The molecule has 3 atom stereocenters. The van der Waals surface area contributed by atoms with Crippen LogP contribution in [-0.2, 0) is 24.4 Å². The molecule has 45 heavy (non-hydrogen) atoms. The van der Waals surface area contributed by atoms with Gasteiger partial charge in [0.25, 0.3) is 20.0 Å². The van der Waals surface area contributed by atoms with Crippen LogP contribution in [-0.4, -0.2) is 44.5 Å². The lowest BCUT2D eigenvalue weighted by molar-refractivity contribution is -0.000781. The lowest BCUT2D eigenvalue weighted by Crippen LogP contribution is -2.14. The third-order valence-corrected chi connectivity index (χ3v) is 10.8. The predicted octanol–water partition coefficient (Wildman–Crippen LogP) is 7.56. The summed E-state index contributed by atoms with van der Waals surface area (Å²) in [5, 5.41) is 9.87. The highest BCUT2D eigenvalue weighted by atomic mass is 32.3. The van der Waals surface area contributed by atoms with Crippen LogP contribution in [0.3, 0.4) is 0 Å². The number of aromatic nitrogens is 1. The van der Waals surface area contributed by atoms with Gasteiger partial charge in [0.15, 0.2) is 0 Å². The molecule has 0 N–H and O–H groups in total. The van der Waals surface area contributed by atoms with Crippen LogP contribution < -0.4 is 10.3 Å². The van der Waals surface area contributed by atoms with Crippen LogP contribution in [0.5, 0.6) is 0 Å². The van der Waals surface area contributed by atoms with Crippen molar-refractivity contribution >= 4 is 47.3 Å². The summed E-state index contributed by atoms with van der Waals surface area (Å²) in [6.45, 7) is 3.67. The minimum Gasteiger partial charge on any atom is -0.378 e. The van der Waals surface area contributed by atoms with E-state index in [-0.39, 0.29) is 19.3 Å². The van der Waals surface area contributed by atoms with Gasteiger partial charge in [-0.05, 0) is 84.3 Å². The van der Waals surface area contributed by atoms with E-state index in [1.807, 2.05) is 40.2 Å². The van der Waals surface area contributed by atoms with Gasteiger partial charge in [-0.1, -0.05) is 34.6 Å². The molecule has 15 heteroatoms. The van der Waals surface area contributed by atoms with Crippen molar-refractivity contribution in [3.8, 4) is 16.6 Å². The van der Waals surface area contributed by atoms with Crippen LogP contribution in [0.25, 0.3) is 20.8 Å². The molecule has 1 aliphatic heterocycles. The summed E-state index contributed by atoms with van der Waals surface area (Å²) in [6, 6.07) is 19.7. The summed E-state index contributed by atoms with van der Waals surface area (Å²) in [5.41, 5.74) is 4.02. The Morgan fingerprint density at radius 2 is 1.73 bits per heavy atom. The normalized spacial score (nSPS) is 14.4. The minimum absolute atomic E-state index is 0. The van der Waals surface area contributed by atoms with Crippen molar-refractivity contribution in [3.05, 3.63) is 71.6 Å². The highest BCUT2D eigenvalue weighted by molar-refractivity contribution is 8.01. The zero-order valence-electron chi connectivity index (χ0n) is 24.6. The van der Waals surface area contributed by atoms with Crippen molar-refractivity contribution in [2.24, 2.45) is 14.7 Å². The molecule has 0 bridgehead atoms. The zero-order chi connectivity index (χ0) is 32.7. The van der Waals surface area contributed by atoms with E-state index in [4.69, 9.17) is 10.2 Å². The predicted molar refractivity (Wildman–Crippen MR) is 174 cm³/mol. The molecule has 9 nitrogen and oxygen atoms in total. The summed E-state index contributed by atoms with van der Waals surface area (Å²) in [6.07, 6.45) is 1.27. The van der Waals surface area contributed by atoms with Gasteiger partial charge in [-0.15, -0.1) is 11.3 Å². The molecule has 4 rings (SSSR count). The number of benzene rings is 3. The Labute approximate surface area is 266 Å². The molecule has 0 radical (unpaired) electrons. The Balaban J connectivity index is 0.000000316. The second kappa shape index (κ2) is 16.1. The number of halogens is 3. The third kappa shape index (κ3) is 9.46. The van der Waals surface area contributed by atoms with Gasteiger partial charge < -0.3 is 4.90 Å². The van der Waals surface area contributed by atoms with Crippen molar-refractivity contribution in [3.63, 3.8) is 0 Å². The fourth-order valence-corrected chi connectivity index (χ4v) is 7.56. The first-order chi connectivity index (χ1) is 20.8. The van der Waals surface area contributed by atoms with Gasteiger partial charge >= 0.3 is 5.76 Å². The molecule has 2 aromatic carbocycles. The summed E-state index contributed by atoms with van der Waals surface area (Å²) in [7, 11) is -4.19. The average Bonchev–Trinajstić information content (AvgIpc) is 3.01. The maximum atomic E-state index is 12.5. The SMILES string of the molecule is C.CCC(CC(C)C#N)c1ccc(S(=O)(=O)N=S(=O)(OF)C(F)F)cc1.CN=c1ccc2nc3ccc(N(C)C)cc3sc-2c1. The molecule has 244 valence electrons. The number of hydrogen-bond acceptors (Lipinski definition) is 9. The number of fused-ring (bicyclic) bond motifs is 2. The molecule has 0 amide bonds. The van der Waals surface area contributed by atoms with Crippen LogP contribution in [0.4, 0.5) is 19.0 Å². The summed E-state index contributed by atoms with van der Waals surface area (Å²) >= 11 is 1.76. The summed E-state index contributed by atoms with van der Waals surface area (Å²) in [4.78, 5) is 11.7. The number of anilines is 1. The molecule has 1 heterocycles. The molecule has 3 unspecified atom stereocenters. The van der Waals surface area contributed by atoms with E-state index in [1.165, 1.54) is 27.4 Å². The number of nitrogens with zero attached hydrogens (tertiary/aromatic N) is 5. The van der Waals surface area contributed by atoms with Gasteiger partial charge in [-0.25, -0.2) is 9.19 Å². The fourth-order valence-electron chi connectivity index (χ4n) is 4.20.